The lowest BCUT2D eigenvalue weighted by molar-refractivity contribution is 0.203. The van der Waals surface area contributed by atoms with Gasteiger partial charge in [0, 0.05) is 18.3 Å². The largest absolute Gasteiger partial charge is 0.372 e. The topological polar surface area (TPSA) is 44.3 Å². The standard InChI is InChI=1S/C9H12F2N2O/c1-12-5-9(14)13-8-3-6(10)2-7(11)4-8/h2-4,9,12-14H,5H2,1H3. The van der Waals surface area contributed by atoms with E-state index >= 15 is 0 Å². The second kappa shape index (κ2) is 4.88. The molecule has 0 aromatic heterocycles. The van der Waals surface area contributed by atoms with Gasteiger partial charge in [0.05, 0.1) is 0 Å². The Bertz CT molecular complexity index is 287. The van der Waals surface area contributed by atoms with E-state index in [9.17, 15) is 13.9 Å². The van der Waals surface area contributed by atoms with Gasteiger partial charge in [-0.15, -0.1) is 0 Å². The maximum Gasteiger partial charge on any atom is 0.137 e. The van der Waals surface area contributed by atoms with Crippen LogP contribution in [0.3, 0.4) is 0 Å². The van der Waals surface area contributed by atoms with Gasteiger partial charge in [0.25, 0.3) is 0 Å². The number of benzene rings is 1. The highest BCUT2D eigenvalue weighted by molar-refractivity contribution is 5.44. The number of nitrogens with one attached hydrogen (secondary N) is 2. The average Bonchev–Trinajstić information content (AvgIpc) is 2.01. The molecule has 1 aromatic carbocycles. The van der Waals surface area contributed by atoms with Crippen LogP contribution in [0.5, 0.6) is 0 Å². The number of rotatable bonds is 4. The summed E-state index contributed by atoms with van der Waals surface area (Å²) in [7, 11) is 1.66. The molecular formula is C9H12F2N2O. The molecule has 0 saturated heterocycles. The SMILES string of the molecule is CNCC(O)Nc1cc(F)cc(F)c1. The third kappa shape index (κ3) is 3.27. The smallest absolute Gasteiger partial charge is 0.137 e. The molecule has 1 atom stereocenters. The quantitative estimate of drug-likeness (QED) is 0.636. The first-order valence-electron chi connectivity index (χ1n) is 4.17. The van der Waals surface area contributed by atoms with Gasteiger partial charge in [0.2, 0.25) is 0 Å². The van der Waals surface area contributed by atoms with Gasteiger partial charge in [-0.3, -0.25) is 0 Å². The van der Waals surface area contributed by atoms with Crippen molar-refractivity contribution in [3.8, 4) is 0 Å². The molecule has 0 heterocycles. The molecule has 0 spiro atoms. The molecule has 1 aromatic rings. The van der Waals surface area contributed by atoms with E-state index in [0.29, 0.717) is 0 Å². The lowest BCUT2D eigenvalue weighted by Gasteiger charge is -2.13. The first-order chi connectivity index (χ1) is 6.61. The molecule has 0 amide bonds. The van der Waals surface area contributed by atoms with Crippen LogP contribution in [0.15, 0.2) is 18.2 Å². The van der Waals surface area contributed by atoms with Gasteiger partial charge < -0.3 is 15.7 Å². The highest BCUT2D eigenvalue weighted by Gasteiger charge is 2.04. The Morgan fingerprint density at radius 2 is 1.86 bits per heavy atom. The van der Waals surface area contributed by atoms with Gasteiger partial charge in [0.1, 0.15) is 17.9 Å². The fraction of sp³-hybridized carbons (Fsp3) is 0.333. The molecule has 0 radical (unpaired) electrons. The zero-order chi connectivity index (χ0) is 10.6. The molecular weight excluding hydrogens is 190 g/mol. The second-order valence-electron chi connectivity index (χ2n) is 2.88. The zero-order valence-electron chi connectivity index (χ0n) is 7.72. The van der Waals surface area contributed by atoms with Crippen molar-refractivity contribution in [1.82, 2.24) is 5.32 Å². The molecule has 0 saturated carbocycles. The van der Waals surface area contributed by atoms with Crippen molar-refractivity contribution in [3.05, 3.63) is 29.8 Å². The average molecular weight is 202 g/mol. The molecule has 0 aliphatic heterocycles. The predicted molar refractivity (Wildman–Crippen MR) is 49.9 cm³/mol. The van der Waals surface area contributed by atoms with Crippen LogP contribution >= 0.6 is 0 Å². The van der Waals surface area contributed by atoms with Crippen molar-refractivity contribution in [1.29, 1.82) is 0 Å². The van der Waals surface area contributed by atoms with Gasteiger partial charge in [0.15, 0.2) is 0 Å². The molecule has 3 N–H and O–H groups in total. The summed E-state index contributed by atoms with van der Waals surface area (Å²) >= 11 is 0. The van der Waals surface area contributed by atoms with Gasteiger partial charge in [-0.2, -0.15) is 0 Å². The molecule has 14 heavy (non-hydrogen) atoms. The molecule has 1 rings (SSSR count). The molecule has 3 nitrogen and oxygen atoms in total. The highest BCUT2D eigenvalue weighted by atomic mass is 19.1. The lowest BCUT2D eigenvalue weighted by atomic mass is 10.3. The first-order valence-corrected chi connectivity index (χ1v) is 4.17. The molecule has 0 aliphatic rings. The minimum atomic E-state index is -0.874. The van der Waals surface area contributed by atoms with E-state index < -0.39 is 17.9 Å². The van der Waals surface area contributed by atoms with Crippen molar-refractivity contribution < 1.29 is 13.9 Å². The van der Waals surface area contributed by atoms with Crippen LogP contribution in [0.4, 0.5) is 14.5 Å². The first kappa shape index (κ1) is 10.9. The van der Waals surface area contributed by atoms with E-state index in [0.717, 1.165) is 18.2 Å². The van der Waals surface area contributed by atoms with E-state index in [2.05, 4.69) is 10.6 Å². The van der Waals surface area contributed by atoms with E-state index in [1.807, 2.05) is 0 Å². The summed E-state index contributed by atoms with van der Waals surface area (Å²) in [6.45, 7) is 0.290. The highest BCUT2D eigenvalue weighted by Crippen LogP contribution is 2.13. The number of aliphatic hydroxyl groups excluding tert-OH is 1. The Balaban J connectivity index is 2.66. The monoisotopic (exact) mass is 202 g/mol. The second-order valence-corrected chi connectivity index (χ2v) is 2.88. The Morgan fingerprint density at radius 3 is 2.36 bits per heavy atom. The van der Waals surface area contributed by atoms with E-state index in [1.54, 1.807) is 7.05 Å². The summed E-state index contributed by atoms with van der Waals surface area (Å²) in [5.41, 5.74) is 0.213. The van der Waals surface area contributed by atoms with Crippen LogP contribution in [0.2, 0.25) is 0 Å². The van der Waals surface area contributed by atoms with Crippen LogP contribution in [-0.2, 0) is 0 Å². The lowest BCUT2D eigenvalue weighted by Crippen LogP contribution is -2.30. The minimum Gasteiger partial charge on any atom is -0.372 e. The summed E-state index contributed by atoms with van der Waals surface area (Å²) in [6, 6.07) is 3.00. The maximum atomic E-state index is 12.7. The normalized spacial score (nSPS) is 12.6. The van der Waals surface area contributed by atoms with Crippen LogP contribution in [-0.4, -0.2) is 24.9 Å². The summed E-state index contributed by atoms with van der Waals surface area (Å²) < 4.78 is 25.4. The van der Waals surface area contributed by atoms with E-state index in [-0.39, 0.29) is 12.2 Å². The molecule has 0 bridgehead atoms. The minimum absolute atomic E-state index is 0.213. The predicted octanol–water partition coefficient (Wildman–Crippen LogP) is 0.914. The van der Waals surface area contributed by atoms with Crippen molar-refractivity contribution in [2.24, 2.45) is 0 Å². The number of halogens is 2. The number of likely N-dealkylation sites (N-methyl/N-ethyl adjacent to an activating group) is 1. The number of aliphatic hydroxyl groups is 1. The van der Waals surface area contributed by atoms with Crippen LogP contribution in [0, 0.1) is 11.6 Å². The number of hydrogen-bond acceptors (Lipinski definition) is 3. The van der Waals surface area contributed by atoms with Crippen molar-refractivity contribution in [3.63, 3.8) is 0 Å². The number of anilines is 1. The third-order valence-electron chi connectivity index (χ3n) is 1.59. The molecule has 78 valence electrons. The maximum absolute atomic E-state index is 12.7. The molecule has 0 aliphatic carbocycles. The number of hydrogen-bond donors (Lipinski definition) is 3. The third-order valence-corrected chi connectivity index (χ3v) is 1.59. The Hall–Kier alpha value is -1.20. The van der Waals surface area contributed by atoms with Crippen molar-refractivity contribution in [2.75, 3.05) is 18.9 Å². The van der Waals surface area contributed by atoms with Crippen molar-refractivity contribution >= 4 is 5.69 Å². The Labute approximate surface area is 80.8 Å². The fourth-order valence-corrected chi connectivity index (χ4v) is 1.07. The van der Waals surface area contributed by atoms with Crippen LogP contribution in [0.1, 0.15) is 0 Å². The van der Waals surface area contributed by atoms with Gasteiger partial charge in [-0.1, -0.05) is 0 Å². The van der Waals surface area contributed by atoms with Crippen LogP contribution < -0.4 is 10.6 Å². The summed E-state index contributed by atoms with van der Waals surface area (Å²) in [5, 5.41) is 14.5. The van der Waals surface area contributed by atoms with Crippen molar-refractivity contribution in [2.45, 2.75) is 6.23 Å². The van der Waals surface area contributed by atoms with Gasteiger partial charge >= 0.3 is 0 Å². The molecule has 5 heteroatoms. The fourth-order valence-electron chi connectivity index (χ4n) is 1.07. The summed E-state index contributed by atoms with van der Waals surface area (Å²) in [5.74, 6) is -1.35. The Morgan fingerprint density at radius 1 is 1.29 bits per heavy atom. The Kier molecular flexibility index (Phi) is 3.79. The van der Waals surface area contributed by atoms with Crippen LogP contribution in [0.25, 0.3) is 0 Å². The van der Waals surface area contributed by atoms with E-state index in [4.69, 9.17) is 0 Å². The molecule has 0 fully saturated rings. The summed E-state index contributed by atoms with van der Waals surface area (Å²) in [6.07, 6.45) is -0.874. The zero-order valence-corrected chi connectivity index (χ0v) is 7.72. The van der Waals surface area contributed by atoms with Gasteiger partial charge in [-0.25, -0.2) is 8.78 Å². The van der Waals surface area contributed by atoms with E-state index in [1.165, 1.54) is 0 Å². The summed E-state index contributed by atoms with van der Waals surface area (Å²) in [4.78, 5) is 0. The molecule has 1 unspecified atom stereocenters. The van der Waals surface area contributed by atoms with Gasteiger partial charge in [-0.05, 0) is 19.2 Å².